The Morgan fingerprint density at radius 3 is 2.68 bits per heavy atom. The first-order valence-corrected chi connectivity index (χ1v) is 7.76. The van der Waals surface area contributed by atoms with Gasteiger partial charge in [-0.25, -0.2) is 0 Å². The van der Waals surface area contributed by atoms with Crippen molar-refractivity contribution in [3.8, 4) is 0 Å². The molecule has 3 atom stereocenters. The topological polar surface area (TPSA) is 55.6 Å². The van der Waals surface area contributed by atoms with Gasteiger partial charge in [0.25, 0.3) is 5.91 Å². The average molecular weight is 268 g/mol. The Kier molecular flexibility index (Phi) is 5.22. The van der Waals surface area contributed by atoms with Gasteiger partial charge in [-0.05, 0) is 43.9 Å². The SMILES string of the molecule is CC(C)C1CCCN(C(=O)[C@@H]2CC[C@H](CN)O2)CC1. The maximum absolute atomic E-state index is 12.5. The Morgan fingerprint density at radius 2 is 2.05 bits per heavy atom. The number of amides is 1. The summed E-state index contributed by atoms with van der Waals surface area (Å²) in [5.41, 5.74) is 5.60. The van der Waals surface area contributed by atoms with E-state index in [-0.39, 0.29) is 18.1 Å². The van der Waals surface area contributed by atoms with Crippen molar-refractivity contribution in [2.45, 2.75) is 58.2 Å². The molecule has 0 saturated carbocycles. The van der Waals surface area contributed by atoms with Crippen LogP contribution in [0.25, 0.3) is 0 Å². The maximum Gasteiger partial charge on any atom is 0.251 e. The summed E-state index contributed by atoms with van der Waals surface area (Å²) in [5, 5.41) is 0. The summed E-state index contributed by atoms with van der Waals surface area (Å²) in [6, 6.07) is 0. The molecule has 0 aromatic carbocycles. The van der Waals surface area contributed by atoms with Gasteiger partial charge in [-0.3, -0.25) is 4.79 Å². The van der Waals surface area contributed by atoms with Crippen LogP contribution in [0.3, 0.4) is 0 Å². The Morgan fingerprint density at radius 1 is 1.26 bits per heavy atom. The van der Waals surface area contributed by atoms with Crippen molar-refractivity contribution in [1.29, 1.82) is 0 Å². The van der Waals surface area contributed by atoms with Crippen LogP contribution in [-0.4, -0.2) is 42.6 Å². The lowest BCUT2D eigenvalue weighted by Crippen LogP contribution is -2.40. The molecule has 0 aliphatic carbocycles. The van der Waals surface area contributed by atoms with Crippen LogP contribution in [0.15, 0.2) is 0 Å². The summed E-state index contributed by atoms with van der Waals surface area (Å²) in [4.78, 5) is 14.5. The van der Waals surface area contributed by atoms with Gasteiger partial charge >= 0.3 is 0 Å². The molecule has 2 saturated heterocycles. The Bertz CT molecular complexity index is 307. The molecule has 1 unspecified atom stereocenters. The molecular formula is C15H28N2O2. The van der Waals surface area contributed by atoms with Gasteiger partial charge in [0.15, 0.2) is 0 Å². The molecule has 0 aromatic heterocycles. The van der Waals surface area contributed by atoms with E-state index in [1.54, 1.807) is 0 Å². The molecule has 4 nitrogen and oxygen atoms in total. The standard InChI is InChI=1S/C15H28N2O2/c1-11(2)12-4-3-8-17(9-7-12)15(18)14-6-5-13(10-16)19-14/h11-14H,3-10,16H2,1-2H3/t12?,13-,14+/m1/s1. The zero-order valence-electron chi connectivity index (χ0n) is 12.3. The van der Waals surface area contributed by atoms with Crippen molar-refractivity contribution in [3.05, 3.63) is 0 Å². The molecule has 2 aliphatic rings. The molecule has 4 heteroatoms. The summed E-state index contributed by atoms with van der Waals surface area (Å²) >= 11 is 0. The molecule has 0 bridgehead atoms. The third kappa shape index (κ3) is 3.69. The zero-order valence-corrected chi connectivity index (χ0v) is 12.3. The number of likely N-dealkylation sites (tertiary alicyclic amines) is 1. The van der Waals surface area contributed by atoms with Crippen molar-refractivity contribution < 1.29 is 9.53 Å². The van der Waals surface area contributed by atoms with Crippen LogP contribution in [0.2, 0.25) is 0 Å². The molecule has 0 radical (unpaired) electrons. The Hall–Kier alpha value is -0.610. The molecule has 2 rings (SSSR count). The van der Waals surface area contributed by atoms with E-state index in [0.717, 1.165) is 50.6 Å². The number of carbonyl (C=O) groups excluding carboxylic acids is 1. The Balaban J connectivity index is 1.86. The lowest BCUT2D eigenvalue weighted by molar-refractivity contribution is -0.142. The second-order valence-corrected chi connectivity index (χ2v) is 6.32. The zero-order chi connectivity index (χ0) is 13.8. The third-order valence-electron chi connectivity index (χ3n) is 4.67. The molecule has 1 amide bonds. The highest BCUT2D eigenvalue weighted by molar-refractivity contribution is 5.81. The van der Waals surface area contributed by atoms with Crippen molar-refractivity contribution in [3.63, 3.8) is 0 Å². The van der Waals surface area contributed by atoms with E-state index in [4.69, 9.17) is 10.5 Å². The van der Waals surface area contributed by atoms with Crippen molar-refractivity contribution in [2.24, 2.45) is 17.6 Å². The van der Waals surface area contributed by atoms with Crippen LogP contribution in [-0.2, 0) is 9.53 Å². The average Bonchev–Trinajstić information content (AvgIpc) is 2.74. The third-order valence-corrected chi connectivity index (χ3v) is 4.67. The molecule has 0 spiro atoms. The number of ether oxygens (including phenoxy) is 1. The molecule has 2 N–H and O–H groups in total. The predicted molar refractivity (Wildman–Crippen MR) is 75.7 cm³/mol. The van der Waals surface area contributed by atoms with E-state index in [9.17, 15) is 4.79 Å². The highest BCUT2D eigenvalue weighted by Gasteiger charge is 2.33. The quantitative estimate of drug-likeness (QED) is 0.849. The van der Waals surface area contributed by atoms with E-state index >= 15 is 0 Å². The fourth-order valence-electron chi connectivity index (χ4n) is 3.27. The van der Waals surface area contributed by atoms with Crippen molar-refractivity contribution in [1.82, 2.24) is 4.90 Å². The highest BCUT2D eigenvalue weighted by atomic mass is 16.5. The van der Waals surface area contributed by atoms with Crippen LogP contribution in [0.5, 0.6) is 0 Å². The van der Waals surface area contributed by atoms with Gasteiger partial charge in [0.1, 0.15) is 6.10 Å². The largest absolute Gasteiger partial charge is 0.364 e. The van der Waals surface area contributed by atoms with Crippen molar-refractivity contribution in [2.75, 3.05) is 19.6 Å². The lowest BCUT2D eigenvalue weighted by atomic mass is 9.89. The molecule has 2 heterocycles. The summed E-state index contributed by atoms with van der Waals surface area (Å²) in [7, 11) is 0. The number of nitrogens with zero attached hydrogens (tertiary/aromatic N) is 1. The molecule has 110 valence electrons. The molecule has 2 fully saturated rings. The van der Waals surface area contributed by atoms with Gasteiger partial charge in [0.2, 0.25) is 0 Å². The predicted octanol–water partition coefficient (Wildman–Crippen LogP) is 1.78. The van der Waals surface area contributed by atoms with Gasteiger partial charge in [0.05, 0.1) is 6.10 Å². The first kappa shape index (κ1) is 14.8. The number of rotatable bonds is 3. The van der Waals surface area contributed by atoms with E-state index in [1.165, 1.54) is 6.42 Å². The minimum Gasteiger partial charge on any atom is -0.364 e. The fraction of sp³-hybridized carbons (Fsp3) is 0.933. The van der Waals surface area contributed by atoms with Crippen LogP contribution >= 0.6 is 0 Å². The fourth-order valence-corrected chi connectivity index (χ4v) is 3.27. The number of nitrogens with two attached hydrogens (primary N) is 1. The van der Waals surface area contributed by atoms with E-state index in [2.05, 4.69) is 13.8 Å². The molecule has 2 aliphatic heterocycles. The van der Waals surface area contributed by atoms with Gasteiger partial charge < -0.3 is 15.4 Å². The van der Waals surface area contributed by atoms with Crippen molar-refractivity contribution >= 4 is 5.91 Å². The molecule has 19 heavy (non-hydrogen) atoms. The maximum atomic E-state index is 12.5. The van der Waals surface area contributed by atoms with Gasteiger partial charge in [-0.2, -0.15) is 0 Å². The summed E-state index contributed by atoms with van der Waals surface area (Å²) in [6.45, 7) is 6.89. The number of hydrogen-bond acceptors (Lipinski definition) is 3. The Labute approximate surface area is 116 Å². The second kappa shape index (κ2) is 6.71. The van der Waals surface area contributed by atoms with Gasteiger partial charge in [-0.15, -0.1) is 0 Å². The molecular weight excluding hydrogens is 240 g/mol. The molecule has 0 aromatic rings. The first-order chi connectivity index (χ1) is 9.11. The summed E-state index contributed by atoms with van der Waals surface area (Å²) in [5.74, 6) is 1.68. The second-order valence-electron chi connectivity index (χ2n) is 6.32. The highest BCUT2D eigenvalue weighted by Crippen LogP contribution is 2.26. The van der Waals surface area contributed by atoms with E-state index < -0.39 is 0 Å². The minimum absolute atomic E-state index is 0.0874. The first-order valence-electron chi connectivity index (χ1n) is 7.76. The monoisotopic (exact) mass is 268 g/mol. The van der Waals surface area contributed by atoms with Gasteiger partial charge in [-0.1, -0.05) is 13.8 Å². The van der Waals surface area contributed by atoms with Crippen LogP contribution < -0.4 is 5.73 Å². The smallest absolute Gasteiger partial charge is 0.251 e. The summed E-state index contributed by atoms with van der Waals surface area (Å²) in [6.07, 6.45) is 5.13. The number of carbonyl (C=O) groups is 1. The normalized spacial score (nSPS) is 32.6. The number of hydrogen-bond donors (Lipinski definition) is 1. The lowest BCUT2D eigenvalue weighted by Gasteiger charge is -2.24. The van der Waals surface area contributed by atoms with Crippen LogP contribution in [0.1, 0.15) is 46.0 Å². The van der Waals surface area contributed by atoms with Gasteiger partial charge in [0, 0.05) is 19.6 Å². The minimum atomic E-state index is -0.232. The summed E-state index contributed by atoms with van der Waals surface area (Å²) < 4.78 is 5.72. The van der Waals surface area contributed by atoms with Crippen LogP contribution in [0, 0.1) is 11.8 Å². The van der Waals surface area contributed by atoms with E-state index in [1.807, 2.05) is 4.90 Å². The van der Waals surface area contributed by atoms with E-state index in [0.29, 0.717) is 6.54 Å². The van der Waals surface area contributed by atoms with Crippen LogP contribution in [0.4, 0.5) is 0 Å².